The second-order valence-electron chi connectivity index (χ2n) is 3.94. The monoisotopic (exact) mass is 235 g/mol. The molecule has 0 fully saturated rings. The summed E-state index contributed by atoms with van der Waals surface area (Å²) in [5, 5.41) is 2.73. The maximum absolute atomic E-state index is 11.6. The largest absolute Gasteiger partial charge is 0.315 e. The third-order valence-electron chi connectivity index (χ3n) is 2.40. The van der Waals surface area contributed by atoms with E-state index < -0.39 is 0 Å². The van der Waals surface area contributed by atoms with Crippen molar-refractivity contribution >= 4 is 11.6 Å². The lowest BCUT2D eigenvalue weighted by Crippen LogP contribution is -2.08. The first-order valence-corrected chi connectivity index (χ1v) is 5.69. The molecule has 1 amide bonds. The van der Waals surface area contributed by atoms with Crippen LogP contribution in [0.15, 0.2) is 54.6 Å². The molecular weight excluding hydrogens is 222 g/mol. The summed E-state index contributed by atoms with van der Waals surface area (Å²) < 4.78 is 0. The van der Waals surface area contributed by atoms with Crippen LogP contribution in [0.25, 0.3) is 0 Å². The van der Waals surface area contributed by atoms with Crippen LogP contribution in [-0.4, -0.2) is 5.91 Å². The van der Waals surface area contributed by atoms with Crippen molar-refractivity contribution in [1.82, 2.24) is 0 Å². The van der Waals surface area contributed by atoms with E-state index in [1.165, 1.54) is 0 Å². The standard InChI is InChI=1S/C16H13NO/c1-13-7-10-15(11-8-13)17-16(18)12-9-14-5-3-2-4-6-14/h2-8,10-11H,1H3,(H,17,18). The lowest BCUT2D eigenvalue weighted by Gasteiger charge is -2.00. The van der Waals surface area contributed by atoms with Gasteiger partial charge in [0.05, 0.1) is 0 Å². The molecule has 0 heterocycles. The summed E-state index contributed by atoms with van der Waals surface area (Å²) in [7, 11) is 0. The third kappa shape index (κ3) is 3.50. The Balaban J connectivity index is 2.01. The molecule has 0 aliphatic heterocycles. The van der Waals surface area contributed by atoms with E-state index in [9.17, 15) is 4.79 Å². The summed E-state index contributed by atoms with van der Waals surface area (Å²) in [6.07, 6.45) is 0. The predicted octanol–water partition coefficient (Wildman–Crippen LogP) is 2.99. The van der Waals surface area contributed by atoms with Gasteiger partial charge in [-0.05, 0) is 31.2 Å². The average molecular weight is 235 g/mol. The van der Waals surface area contributed by atoms with Crippen molar-refractivity contribution in [2.75, 3.05) is 5.32 Å². The Labute approximate surface area is 107 Å². The zero-order valence-corrected chi connectivity index (χ0v) is 10.1. The van der Waals surface area contributed by atoms with Gasteiger partial charge in [0.25, 0.3) is 0 Å². The first-order valence-electron chi connectivity index (χ1n) is 5.69. The summed E-state index contributed by atoms with van der Waals surface area (Å²) in [4.78, 5) is 11.6. The third-order valence-corrected chi connectivity index (χ3v) is 2.40. The van der Waals surface area contributed by atoms with Crippen LogP contribution in [0.5, 0.6) is 0 Å². The SMILES string of the molecule is Cc1ccc(NC(=O)C#Cc2ccccc2)cc1. The summed E-state index contributed by atoms with van der Waals surface area (Å²) in [5.74, 6) is 5.07. The molecule has 18 heavy (non-hydrogen) atoms. The van der Waals surface area contributed by atoms with Crippen molar-refractivity contribution in [2.45, 2.75) is 6.92 Å². The molecule has 1 N–H and O–H groups in total. The molecule has 0 spiro atoms. The zero-order chi connectivity index (χ0) is 12.8. The van der Waals surface area contributed by atoms with Crippen LogP contribution in [0.1, 0.15) is 11.1 Å². The molecule has 0 bridgehead atoms. The predicted molar refractivity (Wildman–Crippen MR) is 73.1 cm³/mol. The Morgan fingerprint density at radius 3 is 2.33 bits per heavy atom. The maximum atomic E-state index is 11.6. The molecule has 0 aromatic heterocycles. The molecule has 0 saturated heterocycles. The van der Waals surface area contributed by atoms with Crippen LogP contribution >= 0.6 is 0 Å². The van der Waals surface area contributed by atoms with Crippen molar-refractivity contribution in [3.05, 3.63) is 65.7 Å². The first kappa shape index (κ1) is 11.9. The van der Waals surface area contributed by atoms with Crippen LogP contribution < -0.4 is 5.32 Å². The van der Waals surface area contributed by atoms with Crippen molar-refractivity contribution in [2.24, 2.45) is 0 Å². The molecule has 2 aromatic carbocycles. The Hall–Kier alpha value is -2.53. The van der Waals surface area contributed by atoms with Crippen molar-refractivity contribution < 1.29 is 4.79 Å². The minimum atomic E-state index is -0.303. The minimum absolute atomic E-state index is 0.303. The Morgan fingerprint density at radius 1 is 1.00 bits per heavy atom. The van der Waals surface area contributed by atoms with Gasteiger partial charge in [0, 0.05) is 17.2 Å². The Bertz CT molecular complexity index is 588. The van der Waals surface area contributed by atoms with E-state index in [1.807, 2.05) is 61.5 Å². The number of benzene rings is 2. The average Bonchev–Trinajstić information content (AvgIpc) is 2.40. The van der Waals surface area contributed by atoms with Gasteiger partial charge in [-0.2, -0.15) is 0 Å². The molecular formula is C16H13NO. The summed E-state index contributed by atoms with van der Waals surface area (Å²) in [5.41, 5.74) is 2.74. The molecule has 0 saturated carbocycles. The molecule has 88 valence electrons. The van der Waals surface area contributed by atoms with Gasteiger partial charge in [-0.1, -0.05) is 41.8 Å². The highest BCUT2D eigenvalue weighted by atomic mass is 16.1. The van der Waals surface area contributed by atoms with E-state index in [2.05, 4.69) is 17.2 Å². The van der Waals surface area contributed by atoms with E-state index >= 15 is 0 Å². The van der Waals surface area contributed by atoms with Crippen LogP contribution in [0.3, 0.4) is 0 Å². The lowest BCUT2D eigenvalue weighted by molar-refractivity contribution is -0.111. The second-order valence-corrected chi connectivity index (χ2v) is 3.94. The number of carbonyl (C=O) groups is 1. The fraction of sp³-hybridized carbons (Fsp3) is 0.0625. The summed E-state index contributed by atoms with van der Waals surface area (Å²) in [6.45, 7) is 2.00. The number of anilines is 1. The van der Waals surface area contributed by atoms with Gasteiger partial charge in [0.15, 0.2) is 0 Å². The number of nitrogens with one attached hydrogen (secondary N) is 1. The number of aryl methyl sites for hydroxylation is 1. The molecule has 0 aliphatic rings. The minimum Gasteiger partial charge on any atom is -0.315 e. The molecule has 2 nitrogen and oxygen atoms in total. The first-order chi connectivity index (χ1) is 8.74. The molecule has 2 aromatic rings. The van der Waals surface area contributed by atoms with Crippen LogP contribution in [-0.2, 0) is 4.79 Å². The summed E-state index contributed by atoms with van der Waals surface area (Å²) in [6, 6.07) is 17.0. The van der Waals surface area contributed by atoms with E-state index in [0.717, 1.165) is 16.8 Å². The van der Waals surface area contributed by atoms with Crippen molar-refractivity contribution in [3.63, 3.8) is 0 Å². The van der Waals surface area contributed by atoms with Gasteiger partial charge in [0.2, 0.25) is 0 Å². The van der Waals surface area contributed by atoms with Crippen LogP contribution in [0.4, 0.5) is 5.69 Å². The topological polar surface area (TPSA) is 29.1 Å². The summed E-state index contributed by atoms with van der Waals surface area (Å²) >= 11 is 0. The second kappa shape index (κ2) is 5.70. The molecule has 0 atom stereocenters. The smallest absolute Gasteiger partial charge is 0.300 e. The number of amides is 1. The zero-order valence-electron chi connectivity index (χ0n) is 10.1. The molecule has 0 aliphatic carbocycles. The van der Waals surface area contributed by atoms with Crippen molar-refractivity contribution in [3.8, 4) is 11.8 Å². The van der Waals surface area contributed by atoms with Gasteiger partial charge in [-0.3, -0.25) is 4.79 Å². The molecule has 0 unspecified atom stereocenters. The quantitative estimate of drug-likeness (QED) is 0.756. The normalized spacial score (nSPS) is 9.17. The number of rotatable bonds is 1. The van der Waals surface area contributed by atoms with E-state index in [4.69, 9.17) is 0 Å². The number of carbonyl (C=O) groups excluding carboxylic acids is 1. The molecule has 2 heteroatoms. The maximum Gasteiger partial charge on any atom is 0.300 e. The van der Waals surface area contributed by atoms with E-state index in [0.29, 0.717) is 0 Å². The van der Waals surface area contributed by atoms with E-state index in [-0.39, 0.29) is 5.91 Å². The van der Waals surface area contributed by atoms with Gasteiger partial charge in [0.1, 0.15) is 0 Å². The Morgan fingerprint density at radius 2 is 1.67 bits per heavy atom. The molecule has 2 rings (SSSR count). The highest BCUT2D eigenvalue weighted by Crippen LogP contribution is 2.07. The van der Waals surface area contributed by atoms with E-state index in [1.54, 1.807) is 0 Å². The lowest BCUT2D eigenvalue weighted by atomic mass is 10.2. The molecule has 0 radical (unpaired) electrons. The van der Waals surface area contributed by atoms with Gasteiger partial charge in [-0.25, -0.2) is 0 Å². The number of hydrogen-bond acceptors (Lipinski definition) is 1. The van der Waals surface area contributed by atoms with Gasteiger partial charge >= 0.3 is 5.91 Å². The van der Waals surface area contributed by atoms with Gasteiger partial charge < -0.3 is 5.32 Å². The van der Waals surface area contributed by atoms with Crippen LogP contribution in [0.2, 0.25) is 0 Å². The van der Waals surface area contributed by atoms with Crippen LogP contribution in [0, 0.1) is 18.8 Å². The highest BCUT2D eigenvalue weighted by molar-refractivity contribution is 6.04. The van der Waals surface area contributed by atoms with Crippen molar-refractivity contribution in [1.29, 1.82) is 0 Å². The fourth-order valence-corrected chi connectivity index (χ4v) is 1.45. The Kier molecular flexibility index (Phi) is 3.78. The number of hydrogen-bond donors (Lipinski definition) is 1. The fourth-order valence-electron chi connectivity index (χ4n) is 1.45. The van der Waals surface area contributed by atoms with Gasteiger partial charge in [-0.15, -0.1) is 0 Å². The highest BCUT2D eigenvalue weighted by Gasteiger charge is 1.96.